The molecule has 130 valence electrons. The van der Waals surface area contributed by atoms with E-state index in [2.05, 4.69) is 20.8 Å². The Hall–Kier alpha value is -0.650. The molecular weight excluding hydrogens is 282 g/mol. The van der Waals surface area contributed by atoms with E-state index in [4.69, 9.17) is 19.9 Å². The molecule has 2 N–H and O–H groups in total. The fourth-order valence-corrected chi connectivity index (χ4v) is 2.87. The van der Waals surface area contributed by atoms with Crippen LogP contribution < -0.4 is 5.73 Å². The van der Waals surface area contributed by atoms with E-state index in [0.717, 1.165) is 32.2 Å². The van der Waals surface area contributed by atoms with Crippen LogP contribution in [0.1, 0.15) is 53.4 Å². The average molecular weight is 315 g/mol. The highest BCUT2D eigenvalue weighted by Gasteiger charge is 2.39. The van der Waals surface area contributed by atoms with Gasteiger partial charge < -0.3 is 19.9 Å². The van der Waals surface area contributed by atoms with Crippen LogP contribution in [0.15, 0.2) is 0 Å². The molecule has 0 aromatic heterocycles. The summed E-state index contributed by atoms with van der Waals surface area (Å²) in [5, 5.41) is 0. The summed E-state index contributed by atoms with van der Waals surface area (Å²) >= 11 is 0. The predicted octanol–water partition coefficient (Wildman–Crippen LogP) is 2.72. The maximum absolute atomic E-state index is 11.0. The summed E-state index contributed by atoms with van der Waals surface area (Å²) in [5.41, 5.74) is 5.48. The third kappa shape index (κ3) is 6.23. The van der Waals surface area contributed by atoms with E-state index in [1.165, 1.54) is 6.92 Å². The van der Waals surface area contributed by atoms with Crippen molar-refractivity contribution in [3.8, 4) is 0 Å². The summed E-state index contributed by atoms with van der Waals surface area (Å²) in [7, 11) is 0. The van der Waals surface area contributed by atoms with Gasteiger partial charge in [0.1, 0.15) is 6.61 Å². The van der Waals surface area contributed by atoms with Crippen molar-refractivity contribution >= 4 is 5.97 Å². The number of rotatable bonds is 9. The number of carbonyl (C=O) groups is 1. The Bertz CT molecular complexity index is 324. The zero-order valence-electron chi connectivity index (χ0n) is 14.5. The van der Waals surface area contributed by atoms with E-state index < -0.39 is 0 Å². The van der Waals surface area contributed by atoms with Gasteiger partial charge in [-0.05, 0) is 31.2 Å². The van der Waals surface area contributed by atoms with Gasteiger partial charge in [0, 0.05) is 19.4 Å². The second-order valence-corrected chi connectivity index (χ2v) is 6.50. The summed E-state index contributed by atoms with van der Waals surface area (Å²) in [6.07, 6.45) is 4.11. The van der Waals surface area contributed by atoms with E-state index in [1.54, 1.807) is 0 Å². The van der Waals surface area contributed by atoms with E-state index >= 15 is 0 Å². The smallest absolute Gasteiger partial charge is 0.302 e. The molecule has 0 radical (unpaired) electrons. The number of carbonyl (C=O) groups excluding carboxylic acids is 1. The Kier molecular flexibility index (Phi) is 8.98. The lowest BCUT2D eigenvalue weighted by molar-refractivity contribution is -0.255. The number of hydrogen-bond acceptors (Lipinski definition) is 5. The summed E-state index contributed by atoms with van der Waals surface area (Å²) in [5.74, 6) is 0.891. The molecule has 0 bridgehead atoms. The Morgan fingerprint density at radius 1 is 1.05 bits per heavy atom. The lowest BCUT2D eigenvalue weighted by Gasteiger charge is -2.43. The van der Waals surface area contributed by atoms with Gasteiger partial charge in [-0.1, -0.05) is 33.6 Å². The van der Waals surface area contributed by atoms with Crippen molar-refractivity contribution in [1.29, 1.82) is 0 Å². The SMILES string of the molecule is CC(=O)OCC1O[C@@H](OCCCCCCN)C(C)[C@@H](C)[C@H]1C. The zero-order chi connectivity index (χ0) is 16.5. The van der Waals surface area contributed by atoms with Crippen molar-refractivity contribution < 1.29 is 19.0 Å². The highest BCUT2D eigenvalue weighted by atomic mass is 16.7. The molecule has 0 saturated carbocycles. The molecule has 5 heteroatoms. The number of ether oxygens (including phenoxy) is 3. The molecule has 2 unspecified atom stereocenters. The van der Waals surface area contributed by atoms with Crippen LogP contribution in [0.25, 0.3) is 0 Å². The number of hydrogen-bond donors (Lipinski definition) is 1. The molecular formula is C17H33NO4. The molecule has 0 aliphatic carbocycles. The largest absolute Gasteiger partial charge is 0.463 e. The Labute approximate surface area is 134 Å². The molecule has 22 heavy (non-hydrogen) atoms. The molecule has 0 aromatic carbocycles. The Morgan fingerprint density at radius 3 is 2.36 bits per heavy atom. The zero-order valence-corrected chi connectivity index (χ0v) is 14.5. The molecule has 5 nitrogen and oxygen atoms in total. The molecule has 1 saturated heterocycles. The van der Waals surface area contributed by atoms with Gasteiger partial charge in [0.25, 0.3) is 0 Å². The average Bonchev–Trinajstić information content (AvgIpc) is 2.49. The number of nitrogens with two attached hydrogens (primary N) is 1. The number of esters is 1. The molecule has 1 aliphatic heterocycles. The molecule has 1 rings (SSSR count). The third-order valence-corrected chi connectivity index (χ3v) is 4.81. The lowest BCUT2D eigenvalue weighted by atomic mass is 9.79. The minimum atomic E-state index is -0.264. The summed E-state index contributed by atoms with van der Waals surface area (Å²) in [4.78, 5) is 11.0. The fraction of sp³-hybridized carbons (Fsp3) is 0.941. The van der Waals surface area contributed by atoms with Crippen molar-refractivity contribution in [2.24, 2.45) is 23.5 Å². The maximum atomic E-state index is 11.0. The van der Waals surface area contributed by atoms with Crippen LogP contribution in [-0.2, 0) is 19.0 Å². The second kappa shape index (κ2) is 10.2. The molecule has 0 aromatic rings. The van der Waals surface area contributed by atoms with Crippen molar-refractivity contribution in [3.63, 3.8) is 0 Å². The molecule has 0 spiro atoms. The molecule has 1 heterocycles. The standard InChI is InChI=1S/C17H33NO4/c1-12-13(2)16(11-21-15(4)19)22-17(14(12)3)20-10-8-6-5-7-9-18/h12-14,16-17H,5-11,18H2,1-4H3/t12-,13+,14?,16?,17+/m0/s1. The van der Waals surface area contributed by atoms with E-state index in [1.807, 2.05) is 0 Å². The lowest BCUT2D eigenvalue weighted by Crippen LogP contribution is -2.47. The highest BCUT2D eigenvalue weighted by Crippen LogP contribution is 2.35. The van der Waals surface area contributed by atoms with Gasteiger partial charge in [-0.25, -0.2) is 0 Å². The minimum absolute atomic E-state index is 0.0858. The molecule has 5 atom stereocenters. The third-order valence-electron chi connectivity index (χ3n) is 4.81. The van der Waals surface area contributed by atoms with Gasteiger partial charge in [0.2, 0.25) is 0 Å². The molecule has 1 fully saturated rings. The predicted molar refractivity (Wildman–Crippen MR) is 86.3 cm³/mol. The van der Waals surface area contributed by atoms with Crippen LogP contribution >= 0.6 is 0 Å². The Morgan fingerprint density at radius 2 is 1.73 bits per heavy atom. The van der Waals surface area contributed by atoms with Crippen LogP contribution in [-0.4, -0.2) is 38.1 Å². The van der Waals surface area contributed by atoms with Crippen molar-refractivity contribution in [2.75, 3.05) is 19.8 Å². The van der Waals surface area contributed by atoms with Gasteiger partial charge in [-0.15, -0.1) is 0 Å². The van der Waals surface area contributed by atoms with E-state index in [0.29, 0.717) is 31.0 Å². The van der Waals surface area contributed by atoms with Gasteiger partial charge in [0.05, 0.1) is 6.10 Å². The number of unbranched alkanes of at least 4 members (excludes halogenated alkanes) is 3. The molecule has 0 amide bonds. The van der Waals surface area contributed by atoms with Crippen LogP contribution in [0.3, 0.4) is 0 Å². The van der Waals surface area contributed by atoms with Crippen molar-refractivity contribution in [3.05, 3.63) is 0 Å². The highest BCUT2D eigenvalue weighted by molar-refractivity contribution is 5.65. The first kappa shape index (κ1) is 19.4. The van der Waals surface area contributed by atoms with Gasteiger partial charge in [-0.2, -0.15) is 0 Å². The first-order chi connectivity index (χ1) is 10.5. The first-order valence-electron chi connectivity index (χ1n) is 8.57. The molecule has 1 aliphatic rings. The van der Waals surface area contributed by atoms with Crippen LogP contribution in [0.4, 0.5) is 0 Å². The summed E-state index contributed by atoms with van der Waals surface area (Å²) in [6, 6.07) is 0. The van der Waals surface area contributed by atoms with E-state index in [-0.39, 0.29) is 18.4 Å². The minimum Gasteiger partial charge on any atom is -0.463 e. The fourth-order valence-electron chi connectivity index (χ4n) is 2.87. The van der Waals surface area contributed by atoms with Gasteiger partial charge >= 0.3 is 5.97 Å². The van der Waals surface area contributed by atoms with Crippen molar-refractivity contribution in [1.82, 2.24) is 0 Å². The Balaban J connectivity index is 2.38. The first-order valence-corrected chi connectivity index (χ1v) is 8.57. The van der Waals surface area contributed by atoms with Crippen LogP contribution in [0, 0.1) is 17.8 Å². The maximum Gasteiger partial charge on any atom is 0.302 e. The van der Waals surface area contributed by atoms with Crippen molar-refractivity contribution in [2.45, 2.75) is 65.8 Å². The second-order valence-electron chi connectivity index (χ2n) is 6.50. The van der Waals surface area contributed by atoms with Crippen LogP contribution in [0.2, 0.25) is 0 Å². The van der Waals surface area contributed by atoms with Gasteiger partial charge in [-0.3, -0.25) is 4.79 Å². The van der Waals surface area contributed by atoms with Gasteiger partial charge in [0.15, 0.2) is 6.29 Å². The van der Waals surface area contributed by atoms with Crippen LogP contribution in [0.5, 0.6) is 0 Å². The monoisotopic (exact) mass is 315 g/mol. The quantitative estimate of drug-likeness (QED) is 0.523. The topological polar surface area (TPSA) is 70.8 Å². The normalized spacial score (nSPS) is 32.0. The summed E-state index contributed by atoms with van der Waals surface area (Å²) < 4.78 is 17.1. The van der Waals surface area contributed by atoms with E-state index in [9.17, 15) is 4.79 Å². The summed E-state index contributed by atoms with van der Waals surface area (Å²) in [6.45, 7) is 9.74.